The molecule has 2 nitrogen and oxygen atoms in total. The lowest BCUT2D eigenvalue weighted by molar-refractivity contribution is 0.102. The van der Waals surface area contributed by atoms with E-state index in [9.17, 15) is 0 Å². The maximum atomic E-state index is 5.93. The summed E-state index contributed by atoms with van der Waals surface area (Å²) in [5.41, 5.74) is 1.36. The Morgan fingerprint density at radius 2 is 1.80 bits per heavy atom. The third-order valence-electron chi connectivity index (χ3n) is 4.42. The Bertz CT molecular complexity index is 447. The predicted molar refractivity (Wildman–Crippen MR) is 85.1 cm³/mol. The smallest absolute Gasteiger partial charge is 0.0406 e. The molecule has 0 saturated carbocycles. The van der Waals surface area contributed by atoms with Crippen LogP contribution in [0.2, 0.25) is 5.02 Å². The van der Waals surface area contributed by atoms with E-state index in [1.54, 1.807) is 0 Å². The van der Waals surface area contributed by atoms with Crippen molar-refractivity contribution in [3.63, 3.8) is 0 Å². The molecule has 3 heteroatoms. The molecule has 1 aliphatic carbocycles. The average molecular weight is 291 g/mol. The normalized spacial score (nSPS) is 24.9. The first kappa shape index (κ1) is 14.1. The van der Waals surface area contributed by atoms with Gasteiger partial charge in [0.15, 0.2) is 0 Å². The first-order valence-corrected chi connectivity index (χ1v) is 8.06. The summed E-state index contributed by atoms with van der Waals surface area (Å²) in [5.74, 6) is 0. The standard InChI is InChI=1S/C17H23ClN2/c18-16-8-6-15(7-9-16)14-19-10-12-20(13-11-19)17-4-2-1-3-5-17/h2,4,6-9,17H,1,3,5,10-14H2. The Balaban J connectivity index is 1.49. The molecule has 20 heavy (non-hydrogen) atoms. The van der Waals surface area contributed by atoms with E-state index < -0.39 is 0 Å². The molecule has 1 unspecified atom stereocenters. The minimum absolute atomic E-state index is 0.696. The van der Waals surface area contributed by atoms with Crippen LogP contribution in [0.1, 0.15) is 24.8 Å². The van der Waals surface area contributed by atoms with Crippen LogP contribution in [0.15, 0.2) is 36.4 Å². The van der Waals surface area contributed by atoms with Crippen LogP contribution in [-0.2, 0) is 6.54 Å². The lowest BCUT2D eigenvalue weighted by atomic mass is 10.0. The summed E-state index contributed by atoms with van der Waals surface area (Å²) < 4.78 is 0. The number of rotatable bonds is 3. The number of benzene rings is 1. The molecule has 0 radical (unpaired) electrons. The van der Waals surface area contributed by atoms with Gasteiger partial charge in [-0.15, -0.1) is 0 Å². The summed E-state index contributed by atoms with van der Waals surface area (Å²) in [6.07, 6.45) is 8.74. The molecule has 1 atom stereocenters. The van der Waals surface area contributed by atoms with E-state index in [1.165, 1.54) is 51.0 Å². The van der Waals surface area contributed by atoms with Gasteiger partial charge in [-0.3, -0.25) is 9.80 Å². The van der Waals surface area contributed by atoms with Crippen molar-refractivity contribution in [2.45, 2.75) is 31.8 Å². The summed E-state index contributed by atoms with van der Waals surface area (Å²) in [4.78, 5) is 5.19. The van der Waals surface area contributed by atoms with Gasteiger partial charge in [0, 0.05) is 43.8 Å². The van der Waals surface area contributed by atoms with Crippen LogP contribution in [0.3, 0.4) is 0 Å². The monoisotopic (exact) mass is 290 g/mol. The molecule has 0 aromatic heterocycles. The van der Waals surface area contributed by atoms with Crippen LogP contribution < -0.4 is 0 Å². The van der Waals surface area contributed by atoms with Gasteiger partial charge in [-0.2, -0.15) is 0 Å². The SMILES string of the molecule is Clc1ccc(CN2CCN(C3C=CCCC3)CC2)cc1. The Morgan fingerprint density at radius 1 is 1.05 bits per heavy atom. The number of hydrogen-bond donors (Lipinski definition) is 0. The van der Waals surface area contributed by atoms with Crippen molar-refractivity contribution in [1.29, 1.82) is 0 Å². The van der Waals surface area contributed by atoms with E-state index in [0.717, 1.165) is 11.6 Å². The van der Waals surface area contributed by atoms with Crippen LogP contribution in [0, 0.1) is 0 Å². The highest BCUT2D eigenvalue weighted by Crippen LogP contribution is 2.19. The molecule has 1 aliphatic heterocycles. The third kappa shape index (κ3) is 3.63. The highest BCUT2D eigenvalue weighted by Gasteiger charge is 2.22. The molecule has 0 N–H and O–H groups in total. The largest absolute Gasteiger partial charge is 0.297 e. The van der Waals surface area contributed by atoms with E-state index in [-0.39, 0.29) is 0 Å². The minimum Gasteiger partial charge on any atom is -0.297 e. The highest BCUT2D eigenvalue weighted by atomic mass is 35.5. The fourth-order valence-corrected chi connectivity index (χ4v) is 3.33. The molecule has 2 aliphatic rings. The number of hydrogen-bond acceptors (Lipinski definition) is 2. The first-order valence-electron chi connectivity index (χ1n) is 7.69. The molecular formula is C17H23ClN2. The van der Waals surface area contributed by atoms with Gasteiger partial charge in [-0.25, -0.2) is 0 Å². The molecule has 1 fully saturated rings. The second-order valence-corrected chi connectivity index (χ2v) is 6.30. The number of piperazine rings is 1. The predicted octanol–water partition coefficient (Wildman–Crippen LogP) is 3.57. The maximum absolute atomic E-state index is 5.93. The van der Waals surface area contributed by atoms with Crippen molar-refractivity contribution in [2.24, 2.45) is 0 Å². The van der Waals surface area contributed by atoms with Crippen molar-refractivity contribution in [3.05, 3.63) is 47.0 Å². The maximum Gasteiger partial charge on any atom is 0.0406 e. The summed E-state index contributed by atoms with van der Waals surface area (Å²) in [6.45, 7) is 5.79. The quantitative estimate of drug-likeness (QED) is 0.785. The molecule has 108 valence electrons. The van der Waals surface area contributed by atoms with E-state index in [0.29, 0.717) is 6.04 Å². The van der Waals surface area contributed by atoms with E-state index >= 15 is 0 Å². The van der Waals surface area contributed by atoms with Gasteiger partial charge >= 0.3 is 0 Å². The first-order chi connectivity index (χ1) is 9.81. The second kappa shape index (κ2) is 6.75. The zero-order valence-corrected chi connectivity index (χ0v) is 12.7. The Kier molecular flexibility index (Phi) is 4.77. The lowest BCUT2D eigenvalue weighted by Gasteiger charge is -2.39. The average Bonchev–Trinajstić information content (AvgIpc) is 2.51. The van der Waals surface area contributed by atoms with E-state index in [1.807, 2.05) is 12.1 Å². The zero-order chi connectivity index (χ0) is 13.8. The fraction of sp³-hybridized carbons (Fsp3) is 0.529. The van der Waals surface area contributed by atoms with Crippen LogP contribution in [0.5, 0.6) is 0 Å². The molecule has 3 rings (SSSR count). The minimum atomic E-state index is 0.696. The van der Waals surface area contributed by atoms with Crippen LogP contribution in [0.4, 0.5) is 0 Å². The van der Waals surface area contributed by atoms with Gasteiger partial charge < -0.3 is 0 Å². The van der Waals surface area contributed by atoms with Gasteiger partial charge in [-0.1, -0.05) is 35.9 Å². The fourth-order valence-electron chi connectivity index (χ4n) is 3.20. The molecule has 1 aromatic carbocycles. The Morgan fingerprint density at radius 3 is 2.45 bits per heavy atom. The molecule has 1 heterocycles. The summed E-state index contributed by atoms with van der Waals surface area (Å²) in [5, 5.41) is 0.822. The van der Waals surface area contributed by atoms with E-state index in [4.69, 9.17) is 11.6 Å². The Labute approximate surface area is 127 Å². The molecule has 0 spiro atoms. The Hall–Kier alpha value is -0.830. The molecule has 0 bridgehead atoms. The molecule has 1 aromatic rings. The molecular weight excluding hydrogens is 268 g/mol. The number of halogens is 1. The van der Waals surface area contributed by atoms with Crippen molar-refractivity contribution >= 4 is 11.6 Å². The van der Waals surface area contributed by atoms with Gasteiger partial charge in [0.1, 0.15) is 0 Å². The van der Waals surface area contributed by atoms with Crippen molar-refractivity contribution < 1.29 is 0 Å². The summed E-state index contributed by atoms with van der Waals surface area (Å²) in [7, 11) is 0. The van der Waals surface area contributed by atoms with Crippen LogP contribution in [0.25, 0.3) is 0 Å². The topological polar surface area (TPSA) is 6.48 Å². The van der Waals surface area contributed by atoms with Crippen LogP contribution in [-0.4, -0.2) is 42.0 Å². The van der Waals surface area contributed by atoms with Crippen molar-refractivity contribution in [2.75, 3.05) is 26.2 Å². The van der Waals surface area contributed by atoms with Gasteiger partial charge in [0.2, 0.25) is 0 Å². The number of nitrogens with zero attached hydrogens (tertiary/aromatic N) is 2. The van der Waals surface area contributed by atoms with Gasteiger partial charge in [-0.05, 0) is 37.0 Å². The zero-order valence-electron chi connectivity index (χ0n) is 12.0. The van der Waals surface area contributed by atoms with Crippen molar-refractivity contribution in [3.8, 4) is 0 Å². The van der Waals surface area contributed by atoms with Crippen LogP contribution >= 0.6 is 11.6 Å². The van der Waals surface area contributed by atoms with E-state index in [2.05, 4.69) is 34.1 Å². The third-order valence-corrected chi connectivity index (χ3v) is 4.68. The second-order valence-electron chi connectivity index (χ2n) is 5.86. The highest BCUT2D eigenvalue weighted by molar-refractivity contribution is 6.30. The lowest BCUT2D eigenvalue weighted by Crippen LogP contribution is -2.49. The van der Waals surface area contributed by atoms with Crippen molar-refractivity contribution in [1.82, 2.24) is 9.80 Å². The number of allylic oxidation sites excluding steroid dienone is 1. The van der Waals surface area contributed by atoms with Gasteiger partial charge in [0.25, 0.3) is 0 Å². The summed E-state index contributed by atoms with van der Waals surface area (Å²) in [6, 6.07) is 8.94. The summed E-state index contributed by atoms with van der Waals surface area (Å²) >= 11 is 5.93. The molecule has 1 saturated heterocycles. The van der Waals surface area contributed by atoms with Gasteiger partial charge in [0.05, 0.1) is 0 Å². The molecule has 0 amide bonds.